The third kappa shape index (κ3) is 2.94. The molecule has 1 aromatic rings. The largest absolute Gasteiger partial charge is 0.316 e. The average Bonchev–Trinajstić information content (AvgIpc) is 2.53. The van der Waals surface area contributed by atoms with Crippen LogP contribution in [0, 0.1) is 21.4 Å². The second-order valence-corrected chi connectivity index (χ2v) is 6.92. The maximum Gasteiger partial charge on any atom is 0.288 e. The van der Waals surface area contributed by atoms with Crippen LogP contribution in [0.2, 0.25) is 0 Å². The highest BCUT2D eigenvalue weighted by atomic mass is 32.2. The molecule has 0 saturated carbocycles. The Balaban J connectivity index is 2.48. The minimum absolute atomic E-state index is 0.0350. The molecular formula is C13H16N4O4S. The van der Waals surface area contributed by atoms with Gasteiger partial charge in [-0.2, -0.15) is 9.57 Å². The van der Waals surface area contributed by atoms with Gasteiger partial charge in [0, 0.05) is 25.2 Å². The number of nitriles is 1. The molecule has 9 heteroatoms. The number of hydrogen-bond acceptors (Lipinski definition) is 6. The van der Waals surface area contributed by atoms with E-state index in [-0.39, 0.29) is 17.5 Å². The van der Waals surface area contributed by atoms with Crippen molar-refractivity contribution in [1.82, 2.24) is 9.62 Å². The Morgan fingerprint density at radius 3 is 2.82 bits per heavy atom. The van der Waals surface area contributed by atoms with Crippen LogP contribution in [0.3, 0.4) is 0 Å². The number of nitro benzene ring substituents is 1. The summed E-state index contributed by atoms with van der Waals surface area (Å²) >= 11 is 0. The van der Waals surface area contributed by atoms with Crippen molar-refractivity contribution >= 4 is 15.7 Å². The van der Waals surface area contributed by atoms with Crippen LogP contribution in [0.4, 0.5) is 5.69 Å². The van der Waals surface area contributed by atoms with E-state index < -0.39 is 26.2 Å². The van der Waals surface area contributed by atoms with E-state index >= 15 is 0 Å². The summed E-state index contributed by atoms with van der Waals surface area (Å²) in [7, 11) is -2.18. The van der Waals surface area contributed by atoms with Crippen molar-refractivity contribution < 1.29 is 13.3 Å². The lowest BCUT2D eigenvalue weighted by Gasteiger charge is -2.31. The molecule has 0 bridgehead atoms. The Bertz CT molecular complexity index is 726. The van der Waals surface area contributed by atoms with E-state index in [1.807, 2.05) is 0 Å². The van der Waals surface area contributed by atoms with Gasteiger partial charge in [0.2, 0.25) is 10.0 Å². The van der Waals surface area contributed by atoms with Crippen LogP contribution in [-0.2, 0) is 10.0 Å². The summed E-state index contributed by atoms with van der Waals surface area (Å²) in [5.41, 5.74) is -0.912. The maximum atomic E-state index is 12.7. The Kier molecular flexibility index (Phi) is 4.75. The first-order chi connectivity index (χ1) is 10.4. The summed E-state index contributed by atoms with van der Waals surface area (Å²) in [5, 5.41) is 23.2. The molecule has 1 aliphatic heterocycles. The normalized spacial score (nSPS) is 19.5. The van der Waals surface area contributed by atoms with Gasteiger partial charge in [0.05, 0.1) is 4.92 Å². The first kappa shape index (κ1) is 16.4. The molecule has 0 spiro atoms. The number of piperidine rings is 1. The maximum absolute atomic E-state index is 12.7. The topological polar surface area (TPSA) is 116 Å². The lowest BCUT2D eigenvalue weighted by Crippen LogP contribution is -2.47. The minimum atomic E-state index is -3.94. The van der Waals surface area contributed by atoms with Crippen molar-refractivity contribution in [3.63, 3.8) is 0 Å². The van der Waals surface area contributed by atoms with Crippen LogP contribution >= 0.6 is 0 Å². The predicted molar refractivity (Wildman–Crippen MR) is 78.7 cm³/mol. The SMILES string of the molecule is CNC1CCCN(S(=O)(=O)c2cccc([N+](=O)[O-])c2C#N)C1. The van der Waals surface area contributed by atoms with Crippen LogP contribution in [0.15, 0.2) is 23.1 Å². The van der Waals surface area contributed by atoms with Gasteiger partial charge in [0.25, 0.3) is 5.69 Å². The molecular weight excluding hydrogens is 308 g/mol. The first-order valence-corrected chi connectivity index (χ1v) is 8.20. The highest BCUT2D eigenvalue weighted by Gasteiger charge is 2.33. The van der Waals surface area contributed by atoms with Crippen LogP contribution in [0.1, 0.15) is 18.4 Å². The van der Waals surface area contributed by atoms with Crippen molar-refractivity contribution in [3.05, 3.63) is 33.9 Å². The molecule has 2 rings (SSSR count). The fourth-order valence-electron chi connectivity index (χ4n) is 2.53. The fraction of sp³-hybridized carbons (Fsp3) is 0.462. The van der Waals surface area contributed by atoms with Gasteiger partial charge in [0.1, 0.15) is 16.5 Å². The van der Waals surface area contributed by atoms with E-state index in [1.165, 1.54) is 16.4 Å². The summed E-state index contributed by atoms with van der Waals surface area (Å²) in [6.45, 7) is 0.625. The fourth-order valence-corrected chi connectivity index (χ4v) is 4.22. The molecule has 1 aliphatic rings. The third-order valence-corrected chi connectivity index (χ3v) is 5.63. The van der Waals surface area contributed by atoms with Gasteiger partial charge in [-0.15, -0.1) is 0 Å². The van der Waals surface area contributed by atoms with E-state index in [4.69, 9.17) is 5.26 Å². The summed E-state index contributed by atoms with van der Waals surface area (Å²) in [6, 6.07) is 5.34. The van der Waals surface area contributed by atoms with Gasteiger partial charge < -0.3 is 5.32 Å². The molecule has 1 fully saturated rings. The second kappa shape index (κ2) is 6.39. The molecule has 0 aliphatic carbocycles. The Morgan fingerprint density at radius 2 is 2.23 bits per heavy atom. The molecule has 1 saturated heterocycles. The Hall–Kier alpha value is -2.02. The highest BCUT2D eigenvalue weighted by molar-refractivity contribution is 7.89. The van der Waals surface area contributed by atoms with Crippen molar-refractivity contribution in [2.45, 2.75) is 23.8 Å². The van der Waals surface area contributed by atoms with Gasteiger partial charge in [-0.1, -0.05) is 6.07 Å². The summed E-state index contributed by atoms with van der Waals surface area (Å²) in [4.78, 5) is 9.92. The van der Waals surface area contributed by atoms with E-state index in [2.05, 4.69) is 5.32 Å². The zero-order chi connectivity index (χ0) is 16.3. The zero-order valence-electron chi connectivity index (χ0n) is 12.0. The average molecular weight is 324 g/mol. The van der Waals surface area contributed by atoms with Gasteiger partial charge in [-0.25, -0.2) is 8.42 Å². The first-order valence-electron chi connectivity index (χ1n) is 6.76. The Morgan fingerprint density at radius 1 is 1.50 bits per heavy atom. The molecule has 8 nitrogen and oxygen atoms in total. The molecule has 1 heterocycles. The molecule has 1 N–H and O–H groups in total. The molecule has 0 amide bonds. The predicted octanol–water partition coefficient (Wildman–Crippen LogP) is 0.839. The molecule has 0 radical (unpaired) electrons. The highest BCUT2D eigenvalue weighted by Crippen LogP contribution is 2.28. The van der Waals surface area contributed by atoms with Crippen molar-refractivity contribution in [1.29, 1.82) is 5.26 Å². The quantitative estimate of drug-likeness (QED) is 0.648. The number of rotatable bonds is 4. The van der Waals surface area contributed by atoms with E-state index in [0.717, 1.165) is 12.5 Å². The summed E-state index contributed by atoms with van der Waals surface area (Å²) in [5.74, 6) is 0. The second-order valence-electron chi connectivity index (χ2n) is 5.01. The number of nitrogens with zero attached hydrogens (tertiary/aromatic N) is 3. The number of likely N-dealkylation sites (N-methyl/N-ethyl adjacent to an activating group) is 1. The number of benzene rings is 1. The van der Waals surface area contributed by atoms with Crippen LogP contribution < -0.4 is 5.32 Å². The minimum Gasteiger partial charge on any atom is -0.316 e. The lowest BCUT2D eigenvalue weighted by molar-refractivity contribution is -0.385. The summed E-state index contributed by atoms with van der Waals surface area (Å²) < 4.78 is 26.7. The van der Waals surface area contributed by atoms with Gasteiger partial charge in [-0.05, 0) is 26.0 Å². The van der Waals surface area contributed by atoms with Gasteiger partial charge in [-0.3, -0.25) is 10.1 Å². The van der Waals surface area contributed by atoms with E-state index in [9.17, 15) is 18.5 Å². The third-order valence-electron chi connectivity index (χ3n) is 3.72. The Labute approximate surface area is 128 Å². The lowest BCUT2D eigenvalue weighted by atomic mass is 10.1. The van der Waals surface area contributed by atoms with Crippen LogP contribution in [0.5, 0.6) is 0 Å². The standard InChI is InChI=1S/C13H16N4O4S/c1-15-10-4-3-7-16(9-10)22(20,21)13-6-2-5-12(17(18)19)11(13)8-14/h2,5-6,10,15H,3-4,7,9H2,1H3. The molecule has 22 heavy (non-hydrogen) atoms. The van der Waals surface area contributed by atoms with Crippen LogP contribution in [-0.4, -0.2) is 43.8 Å². The number of nitro groups is 1. The molecule has 0 aromatic heterocycles. The monoisotopic (exact) mass is 324 g/mol. The number of nitrogens with one attached hydrogen (secondary N) is 1. The van der Waals surface area contributed by atoms with Crippen LogP contribution in [0.25, 0.3) is 0 Å². The van der Waals surface area contributed by atoms with Crippen molar-refractivity contribution in [2.75, 3.05) is 20.1 Å². The number of hydrogen-bond donors (Lipinski definition) is 1. The molecule has 1 aromatic carbocycles. The van der Waals surface area contributed by atoms with E-state index in [0.29, 0.717) is 13.0 Å². The smallest absolute Gasteiger partial charge is 0.288 e. The van der Waals surface area contributed by atoms with Gasteiger partial charge in [0.15, 0.2) is 0 Å². The summed E-state index contributed by atoms with van der Waals surface area (Å²) in [6.07, 6.45) is 1.56. The van der Waals surface area contributed by atoms with E-state index in [1.54, 1.807) is 13.1 Å². The van der Waals surface area contributed by atoms with Gasteiger partial charge >= 0.3 is 0 Å². The van der Waals surface area contributed by atoms with Crippen molar-refractivity contribution in [2.24, 2.45) is 0 Å². The molecule has 118 valence electrons. The van der Waals surface area contributed by atoms with Crippen molar-refractivity contribution in [3.8, 4) is 6.07 Å². The number of sulfonamides is 1. The molecule has 1 unspecified atom stereocenters. The molecule has 1 atom stereocenters. The zero-order valence-corrected chi connectivity index (χ0v) is 12.8.